The van der Waals surface area contributed by atoms with Crippen molar-refractivity contribution < 1.29 is 19.1 Å². The van der Waals surface area contributed by atoms with Gasteiger partial charge in [-0.05, 0) is 49.4 Å². The molecule has 0 aromatic heterocycles. The molecule has 0 fully saturated rings. The molecule has 8 heteroatoms. The van der Waals surface area contributed by atoms with Gasteiger partial charge in [-0.15, -0.1) is 12.4 Å². The van der Waals surface area contributed by atoms with Crippen molar-refractivity contribution in [2.75, 3.05) is 38.7 Å². The molecule has 0 unspecified atom stereocenters. The topological polar surface area (TPSA) is 88.7 Å². The van der Waals surface area contributed by atoms with Gasteiger partial charge in [0.15, 0.2) is 6.61 Å². The van der Waals surface area contributed by atoms with E-state index in [-0.39, 0.29) is 30.8 Å². The van der Waals surface area contributed by atoms with Crippen LogP contribution in [0.5, 0.6) is 11.5 Å². The Bertz CT molecular complexity index is 884. The van der Waals surface area contributed by atoms with Gasteiger partial charge in [0.25, 0.3) is 11.8 Å². The smallest absolute Gasteiger partial charge is 0.262 e. The number of ether oxygens (including phenoxy) is 2. The van der Waals surface area contributed by atoms with Crippen molar-refractivity contribution in [3.63, 3.8) is 0 Å². The molecular weight excluding hydrogens is 406 g/mol. The van der Waals surface area contributed by atoms with E-state index in [2.05, 4.69) is 22.0 Å². The maximum absolute atomic E-state index is 12.3. The van der Waals surface area contributed by atoms with Crippen molar-refractivity contribution in [3.8, 4) is 11.5 Å². The normalized spacial score (nSPS) is 12.8. The minimum Gasteiger partial charge on any atom is -0.497 e. The number of methoxy groups -OCH3 is 1. The molecule has 1 aliphatic heterocycles. The molecule has 0 saturated heterocycles. The summed E-state index contributed by atoms with van der Waals surface area (Å²) in [4.78, 5) is 24.3. The van der Waals surface area contributed by atoms with Crippen LogP contribution in [0.1, 0.15) is 16.8 Å². The predicted molar refractivity (Wildman–Crippen MR) is 119 cm³/mol. The van der Waals surface area contributed by atoms with Crippen molar-refractivity contribution in [1.29, 1.82) is 0 Å². The van der Waals surface area contributed by atoms with E-state index in [0.29, 0.717) is 29.3 Å². The molecule has 0 spiro atoms. The summed E-state index contributed by atoms with van der Waals surface area (Å²) in [7, 11) is 1.57. The van der Waals surface area contributed by atoms with E-state index in [9.17, 15) is 9.59 Å². The molecule has 0 atom stereocenters. The molecule has 3 N–H and O–H groups in total. The Morgan fingerprint density at radius 1 is 1.10 bits per heavy atom. The number of anilines is 1. The summed E-state index contributed by atoms with van der Waals surface area (Å²) in [5.74, 6) is 0.763. The van der Waals surface area contributed by atoms with Crippen LogP contribution < -0.4 is 25.4 Å². The number of amides is 2. The summed E-state index contributed by atoms with van der Waals surface area (Å²) in [6.07, 6.45) is 3.06. The molecule has 160 valence electrons. The maximum atomic E-state index is 12.3. The Morgan fingerprint density at radius 2 is 1.90 bits per heavy atom. The van der Waals surface area contributed by atoms with Crippen molar-refractivity contribution in [2.24, 2.45) is 0 Å². The zero-order valence-electron chi connectivity index (χ0n) is 16.8. The van der Waals surface area contributed by atoms with Crippen LogP contribution in [-0.4, -0.2) is 45.2 Å². The van der Waals surface area contributed by atoms with Crippen LogP contribution in [0.15, 0.2) is 60.2 Å². The highest BCUT2D eigenvalue weighted by atomic mass is 35.5. The van der Waals surface area contributed by atoms with E-state index in [1.165, 1.54) is 5.57 Å². The molecular formula is C22H26ClN3O4. The van der Waals surface area contributed by atoms with E-state index in [1.54, 1.807) is 55.6 Å². The molecule has 0 aliphatic carbocycles. The fourth-order valence-electron chi connectivity index (χ4n) is 2.88. The monoisotopic (exact) mass is 431 g/mol. The summed E-state index contributed by atoms with van der Waals surface area (Å²) in [5, 5.41) is 8.91. The van der Waals surface area contributed by atoms with Crippen LogP contribution in [0.2, 0.25) is 0 Å². The largest absolute Gasteiger partial charge is 0.497 e. The molecule has 0 bridgehead atoms. The number of rotatable bonds is 8. The highest BCUT2D eigenvalue weighted by Gasteiger charge is 2.09. The van der Waals surface area contributed by atoms with Crippen LogP contribution >= 0.6 is 12.4 Å². The predicted octanol–water partition coefficient (Wildman–Crippen LogP) is 2.78. The first-order chi connectivity index (χ1) is 14.1. The second-order valence-corrected chi connectivity index (χ2v) is 6.59. The number of benzene rings is 2. The van der Waals surface area contributed by atoms with E-state index in [0.717, 1.165) is 19.5 Å². The van der Waals surface area contributed by atoms with E-state index in [1.807, 2.05) is 0 Å². The summed E-state index contributed by atoms with van der Waals surface area (Å²) >= 11 is 0. The molecule has 2 amide bonds. The third kappa shape index (κ3) is 7.09. The van der Waals surface area contributed by atoms with Gasteiger partial charge in [-0.1, -0.05) is 17.7 Å². The summed E-state index contributed by atoms with van der Waals surface area (Å²) < 4.78 is 10.6. The minimum atomic E-state index is -0.282. The lowest BCUT2D eigenvalue weighted by atomic mass is 10.1. The van der Waals surface area contributed by atoms with Gasteiger partial charge >= 0.3 is 0 Å². The van der Waals surface area contributed by atoms with Gasteiger partial charge in [0, 0.05) is 30.4 Å². The van der Waals surface area contributed by atoms with Crippen molar-refractivity contribution in [2.45, 2.75) is 6.42 Å². The molecule has 3 rings (SSSR count). The van der Waals surface area contributed by atoms with Crippen molar-refractivity contribution in [3.05, 3.63) is 65.7 Å². The standard InChI is InChI=1S/C22H25N3O4.ClH/c1-28-20-4-2-3-18(13-20)25-21(26)15-29-19-7-5-17(6-8-19)22(27)24-14-16-9-11-23-12-10-16;/h2-9,13,23H,10-12,14-15H2,1H3,(H,24,27)(H,25,26);1H. The van der Waals surface area contributed by atoms with Gasteiger partial charge < -0.3 is 25.4 Å². The van der Waals surface area contributed by atoms with Crippen LogP contribution in [0.3, 0.4) is 0 Å². The van der Waals surface area contributed by atoms with E-state index in [4.69, 9.17) is 9.47 Å². The fourth-order valence-corrected chi connectivity index (χ4v) is 2.88. The Balaban J connectivity index is 0.00000320. The van der Waals surface area contributed by atoms with Gasteiger partial charge in [-0.3, -0.25) is 9.59 Å². The van der Waals surface area contributed by atoms with Gasteiger partial charge in [0.1, 0.15) is 11.5 Å². The van der Waals surface area contributed by atoms with E-state index >= 15 is 0 Å². The zero-order valence-corrected chi connectivity index (χ0v) is 17.6. The second kappa shape index (κ2) is 11.8. The third-order valence-electron chi connectivity index (χ3n) is 4.47. The van der Waals surface area contributed by atoms with Crippen LogP contribution in [0.25, 0.3) is 0 Å². The quantitative estimate of drug-likeness (QED) is 0.559. The highest BCUT2D eigenvalue weighted by molar-refractivity contribution is 5.94. The molecule has 0 radical (unpaired) electrons. The maximum Gasteiger partial charge on any atom is 0.262 e. The molecule has 30 heavy (non-hydrogen) atoms. The lowest BCUT2D eigenvalue weighted by Gasteiger charge is -2.14. The SMILES string of the molecule is COc1cccc(NC(=O)COc2ccc(C(=O)NCC3=CCNCC3)cc2)c1.Cl. The van der Waals surface area contributed by atoms with Gasteiger partial charge in [-0.2, -0.15) is 0 Å². The lowest BCUT2D eigenvalue weighted by molar-refractivity contribution is -0.118. The van der Waals surface area contributed by atoms with E-state index < -0.39 is 0 Å². The van der Waals surface area contributed by atoms with Gasteiger partial charge in [0.05, 0.1) is 7.11 Å². The van der Waals surface area contributed by atoms with Gasteiger partial charge in [-0.25, -0.2) is 0 Å². The summed E-state index contributed by atoms with van der Waals surface area (Å²) in [6, 6.07) is 13.8. The molecule has 1 heterocycles. The van der Waals surface area contributed by atoms with Gasteiger partial charge in [0.2, 0.25) is 0 Å². The number of nitrogens with one attached hydrogen (secondary N) is 3. The number of carbonyl (C=O) groups excluding carboxylic acids is 2. The Kier molecular flexibility index (Phi) is 9.18. The van der Waals surface area contributed by atoms with Crippen LogP contribution in [0.4, 0.5) is 5.69 Å². The zero-order chi connectivity index (χ0) is 20.5. The highest BCUT2D eigenvalue weighted by Crippen LogP contribution is 2.17. The Labute approximate surface area is 182 Å². The van der Waals surface area contributed by atoms with Crippen LogP contribution in [0, 0.1) is 0 Å². The van der Waals surface area contributed by atoms with Crippen molar-refractivity contribution >= 4 is 29.9 Å². The molecule has 2 aromatic rings. The first-order valence-electron chi connectivity index (χ1n) is 9.47. The molecule has 0 saturated carbocycles. The third-order valence-corrected chi connectivity index (χ3v) is 4.47. The number of hydrogen-bond donors (Lipinski definition) is 3. The minimum absolute atomic E-state index is 0. The summed E-state index contributed by atoms with van der Waals surface area (Å²) in [6.45, 7) is 2.22. The first-order valence-corrected chi connectivity index (χ1v) is 9.47. The second-order valence-electron chi connectivity index (χ2n) is 6.59. The number of hydrogen-bond acceptors (Lipinski definition) is 5. The molecule has 7 nitrogen and oxygen atoms in total. The first kappa shape index (κ1) is 23.3. The average molecular weight is 432 g/mol. The van der Waals surface area contributed by atoms with Crippen LogP contribution in [-0.2, 0) is 4.79 Å². The molecule has 1 aliphatic rings. The molecule has 2 aromatic carbocycles. The average Bonchev–Trinajstić information content (AvgIpc) is 2.77. The fraction of sp³-hybridized carbons (Fsp3) is 0.273. The lowest BCUT2D eigenvalue weighted by Crippen LogP contribution is -2.29. The number of carbonyl (C=O) groups is 2. The van der Waals surface area contributed by atoms with Crippen molar-refractivity contribution in [1.82, 2.24) is 10.6 Å². The Morgan fingerprint density at radius 3 is 2.60 bits per heavy atom. The number of halogens is 1. The Hall–Kier alpha value is -3.03. The summed E-state index contributed by atoms with van der Waals surface area (Å²) in [5.41, 5.74) is 2.42.